The van der Waals surface area contributed by atoms with Crippen molar-refractivity contribution in [3.05, 3.63) is 29.8 Å². The zero-order chi connectivity index (χ0) is 11.6. The summed E-state index contributed by atoms with van der Waals surface area (Å²) in [6.07, 6.45) is 4.33. The first-order valence-corrected chi connectivity index (χ1v) is 5.73. The van der Waals surface area contributed by atoms with Crippen LogP contribution in [0.3, 0.4) is 0 Å². The summed E-state index contributed by atoms with van der Waals surface area (Å²) in [4.78, 5) is 10.9. The molecule has 0 atom stereocenters. The Morgan fingerprint density at radius 3 is 2.88 bits per heavy atom. The Morgan fingerprint density at radius 2 is 2.25 bits per heavy atom. The predicted molar refractivity (Wildman–Crippen MR) is 65.2 cm³/mol. The van der Waals surface area contributed by atoms with Gasteiger partial charge in [-0.2, -0.15) is 0 Å². The summed E-state index contributed by atoms with van der Waals surface area (Å²) >= 11 is 0. The Labute approximate surface area is 96.0 Å². The van der Waals surface area contributed by atoms with Crippen molar-refractivity contribution in [2.45, 2.75) is 38.1 Å². The number of carbonyl (C=O) groups excluding carboxylic acids is 1. The molecule has 0 unspecified atom stereocenters. The van der Waals surface area contributed by atoms with Gasteiger partial charge in [-0.3, -0.25) is 4.79 Å². The summed E-state index contributed by atoms with van der Waals surface area (Å²) in [6, 6.07) is 7.97. The van der Waals surface area contributed by atoms with Gasteiger partial charge < -0.3 is 11.1 Å². The van der Waals surface area contributed by atoms with E-state index >= 15 is 0 Å². The topological polar surface area (TPSA) is 55.1 Å². The summed E-state index contributed by atoms with van der Waals surface area (Å²) in [5.74, 6) is -0.0327. The molecule has 3 heteroatoms. The first-order valence-electron chi connectivity index (χ1n) is 5.73. The Hall–Kier alpha value is -1.35. The average molecular weight is 218 g/mol. The largest absolute Gasteiger partial charge is 0.326 e. The van der Waals surface area contributed by atoms with Gasteiger partial charge in [0, 0.05) is 18.2 Å². The third-order valence-corrected chi connectivity index (χ3v) is 3.05. The summed E-state index contributed by atoms with van der Waals surface area (Å²) in [6.45, 7) is 1.52. The maximum absolute atomic E-state index is 10.9. The van der Waals surface area contributed by atoms with Crippen molar-refractivity contribution in [2.24, 2.45) is 5.73 Å². The third-order valence-electron chi connectivity index (χ3n) is 3.05. The van der Waals surface area contributed by atoms with Crippen LogP contribution in [0.4, 0.5) is 5.69 Å². The molecule has 3 N–H and O–H groups in total. The lowest BCUT2D eigenvalue weighted by Crippen LogP contribution is -2.22. The number of aryl methyl sites for hydroxylation is 1. The van der Waals surface area contributed by atoms with Crippen molar-refractivity contribution >= 4 is 11.6 Å². The van der Waals surface area contributed by atoms with Crippen molar-refractivity contribution in [2.75, 3.05) is 5.32 Å². The molecule has 0 radical (unpaired) electrons. The van der Waals surface area contributed by atoms with E-state index in [0.717, 1.165) is 31.4 Å². The van der Waals surface area contributed by atoms with Gasteiger partial charge in [0.1, 0.15) is 0 Å². The quantitative estimate of drug-likeness (QED) is 0.812. The highest BCUT2D eigenvalue weighted by molar-refractivity contribution is 5.88. The van der Waals surface area contributed by atoms with Crippen molar-refractivity contribution < 1.29 is 4.79 Å². The highest BCUT2D eigenvalue weighted by atomic mass is 16.1. The molecule has 1 amide bonds. The minimum Gasteiger partial charge on any atom is -0.326 e. The molecule has 1 aromatic rings. The molecule has 1 aromatic carbocycles. The first kappa shape index (κ1) is 11.1. The van der Waals surface area contributed by atoms with E-state index < -0.39 is 0 Å². The number of nitrogens with one attached hydrogen (secondary N) is 1. The fraction of sp³-hybridized carbons (Fsp3) is 0.462. The number of nitrogens with two attached hydrogens (primary N) is 1. The van der Waals surface area contributed by atoms with E-state index in [2.05, 4.69) is 11.4 Å². The van der Waals surface area contributed by atoms with E-state index in [1.54, 1.807) is 0 Å². The normalized spacial score (nSPS) is 16.9. The number of amides is 1. The fourth-order valence-corrected chi connectivity index (χ4v) is 1.81. The molecule has 2 rings (SSSR count). The van der Waals surface area contributed by atoms with Crippen LogP contribution in [-0.4, -0.2) is 11.4 Å². The molecule has 1 aliphatic carbocycles. The SMILES string of the molecule is CC(=O)Nc1cccc(CCC2(N)CC2)c1. The van der Waals surface area contributed by atoms with Crippen LogP contribution in [0.5, 0.6) is 0 Å². The zero-order valence-electron chi connectivity index (χ0n) is 9.62. The van der Waals surface area contributed by atoms with Gasteiger partial charge in [-0.25, -0.2) is 0 Å². The van der Waals surface area contributed by atoms with Crippen LogP contribution in [0, 0.1) is 0 Å². The van der Waals surface area contributed by atoms with Gasteiger partial charge in [0.25, 0.3) is 0 Å². The number of rotatable bonds is 4. The molecule has 0 heterocycles. The molecule has 3 nitrogen and oxygen atoms in total. The van der Waals surface area contributed by atoms with E-state index in [0.29, 0.717) is 0 Å². The number of hydrogen-bond acceptors (Lipinski definition) is 2. The van der Waals surface area contributed by atoms with Gasteiger partial charge in [-0.1, -0.05) is 12.1 Å². The maximum atomic E-state index is 10.9. The Bertz CT molecular complexity index is 397. The lowest BCUT2D eigenvalue weighted by Gasteiger charge is -2.09. The van der Waals surface area contributed by atoms with E-state index in [1.165, 1.54) is 12.5 Å². The summed E-state index contributed by atoms with van der Waals surface area (Å²) in [7, 11) is 0. The second-order valence-corrected chi connectivity index (χ2v) is 4.74. The third kappa shape index (κ3) is 3.07. The van der Waals surface area contributed by atoms with Crippen LogP contribution >= 0.6 is 0 Å². The molecule has 0 aromatic heterocycles. The number of hydrogen-bond donors (Lipinski definition) is 2. The first-order chi connectivity index (χ1) is 7.57. The monoisotopic (exact) mass is 218 g/mol. The van der Waals surface area contributed by atoms with Gasteiger partial charge in [-0.15, -0.1) is 0 Å². The molecule has 0 aliphatic heterocycles. The molecule has 0 spiro atoms. The van der Waals surface area contributed by atoms with Gasteiger partial charge in [0.2, 0.25) is 5.91 Å². The van der Waals surface area contributed by atoms with Crippen molar-refractivity contribution in [3.8, 4) is 0 Å². The second kappa shape index (κ2) is 4.26. The second-order valence-electron chi connectivity index (χ2n) is 4.74. The minimum absolute atomic E-state index is 0.0327. The number of anilines is 1. The van der Waals surface area contributed by atoms with Gasteiger partial charge in [0.05, 0.1) is 0 Å². The van der Waals surface area contributed by atoms with E-state index in [9.17, 15) is 4.79 Å². The molecular formula is C13H18N2O. The molecule has 1 fully saturated rings. The van der Waals surface area contributed by atoms with Crippen LogP contribution in [-0.2, 0) is 11.2 Å². The van der Waals surface area contributed by atoms with Gasteiger partial charge in [0.15, 0.2) is 0 Å². The van der Waals surface area contributed by atoms with Crippen LogP contribution in [0.15, 0.2) is 24.3 Å². The van der Waals surface area contributed by atoms with Crippen LogP contribution in [0.2, 0.25) is 0 Å². The Balaban J connectivity index is 1.95. The molecular weight excluding hydrogens is 200 g/mol. The minimum atomic E-state index is -0.0327. The van der Waals surface area contributed by atoms with Gasteiger partial charge >= 0.3 is 0 Å². The van der Waals surface area contributed by atoms with Gasteiger partial charge in [-0.05, 0) is 43.4 Å². The van der Waals surface area contributed by atoms with Crippen LogP contribution < -0.4 is 11.1 Å². The highest BCUT2D eigenvalue weighted by Crippen LogP contribution is 2.36. The fourth-order valence-electron chi connectivity index (χ4n) is 1.81. The highest BCUT2D eigenvalue weighted by Gasteiger charge is 2.37. The molecule has 16 heavy (non-hydrogen) atoms. The zero-order valence-corrected chi connectivity index (χ0v) is 9.62. The lowest BCUT2D eigenvalue weighted by molar-refractivity contribution is -0.114. The molecule has 1 aliphatic rings. The summed E-state index contributed by atoms with van der Waals surface area (Å²) < 4.78 is 0. The number of carbonyl (C=O) groups is 1. The Morgan fingerprint density at radius 1 is 1.50 bits per heavy atom. The predicted octanol–water partition coefficient (Wildman–Crippen LogP) is 2.07. The van der Waals surface area contributed by atoms with E-state index in [1.807, 2.05) is 18.2 Å². The van der Waals surface area contributed by atoms with Crippen LogP contribution in [0.25, 0.3) is 0 Å². The molecule has 0 saturated heterocycles. The summed E-state index contributed by atoms with van der Waals surface area (Å²) in [5, 5.41) is 2.79. The maximum Gasteiger partial charge on any atom is 0.221 e. The standard InChI is InChI=1S/C13H18N2O/c1-10(16)15-12-4-2-3-11(9-12)5-6-13(14)7-8-13/h2-4,9H,5-8,14H2,1H3,(H,15,16). The van der Waals surface area contributed by atoms with E-state index in [-0.39, 0.29) is 11.4 Å². The summed E-state index contributed by atoms with van der Waals surface area (Å²) in [5.41, 5.74) is 8.25. The van der Waals surface area contributed by atoms with Crippen molar-refractivity contribution in [1.82, 2.24) is 0 Å². The lowest BCUT2D eigenvalue weighted by atomic mass is 10.0. The molecule has 0 bridgehead atoms. The number of benzene rings is 1. The molecule has 86 valence electrons. The smallest absolute Gasteiger partial charge is 0.221 e. The van der Waals surface area contributed by atoms with E-state index in [4.69, 9.17) is 5.73 Å². The van der Waals surface area contributed by atoms with Crippen molar-refractivity contribution in [3.63, 3.8) is 0 Å². The average Bonchev–Trinajstić information content (AvgIpc) is 2.94. The van der Waals surface area contributed by atoms with Crippen LogP contribution in [0.1, 0.15) is 31.7 Å². The Kier molecular flexibility index (Phi) is 2.97. The van der Waals surface area contributed by atoms with Crippen molar-refractivity contribution in [1.29, 1.82) is 0 Å². The molecule has 1 saturated carbocycles.